The SMILES string of the molecule is CCOCCOc1cccc(NCC(=O)Nc2cccc(OC(C)C)c2)c1. The van der Waals surface area contributed by atoms with Gasteiger partial charge in [-0.2, -0.15) is 0 Å². The molecule has 0 spiro atoms. The molecular weight excluding hydrogens is 344 g/mol. The number of hydrogen-bond acceptors (Lipinski definition) is 5. The fraction of sp³-hybridized carbons (Fsp3) is 0.381. The highest BCUT2D eigenvalue weighted by atomic mass is 16.5. The van der Waals surface area contributed by atoms with Crippen LogP contribution in [0.2, 0.25) is 0 Å². The van der Waals surface area contributed by atoms with Gasteiger partial charge in [0.1, 0.15) is 18.1 Å². The van der Waals surface area contributed by atoms with Crippen molar-refractivity contribution in [2.75, 3.05) is 37.0 Å². The first kappa shape index (κ1) is 20.6. The number of carbonyl (C=O) groups is 1. The molecule has 0 radical (unpaired) electrons. The van der Waals surface area contributed by atoms with Crippen LogP contribution in [-0.2, 0) is 9.53 Å². The number of nitrogens with one attached hydrogen (secondary N) is 2. The van der Waals surface area contributed by atoms with Gasteiger partial charge in [0, 0.05) is 30.1 Å². The highest BCUT2D eigenvalue weighted by molar-refractivity contribution is 5.93. The van der Waals surface area contributed by atoms with E-state index in [4.69, 9.17) is 14.2 Å². The summed E-state index contributed by atoms with van der Waals surface area (Å²) in [6.45, 7) is 7.74. The first-order chi connectivity index (χ1) is 13.1. The third kappa shape index (κ3) is 8.00. The summed E-state index contributed by atoms with van der Waals surface area (Å²) in [6.07, 6.45) is 0.0839. The molecule has 27 heavy (non-hydrogen) atoms. The Morgan fingerprint density at radius 2 is 1.70 bits per heavy atom. The van der Waals surface area contributed by atoms with Crippen LogP contribution in [0, 0.1) is 0 Å². The van der Waals surface area contributed by atoms with E-state index < -0.39 is 0 Å². The van der Waals surface area contributed by atoms with E-state index in [2.05, 4.69) is 10.6 Å². The molecule has 2 rings (SSSR count). The largest absolute Gasteiger partial charge is 0.491 e. The topological polar surface area (TPSA) is 68.8 Å². The lowest BCUT2D eigenvalue weighted by Gasteiger charge is -2.12. The molecule has 1 amide bonds. The Kier molecular flexibility index (Phi) is 8.45. The fourth-order valence-electron chi connectivity index (χ4n) is 2.37. The van der Waals surface area contributed by atoms with E-state index in [-0.39, 0.29) is 18.6 Å². The van der Waals surface area contributed by atoms with Crippen molar-refractivity contribution < 1.29 is 19.0 Å². The van der Waals surface area contributed by atoms with Crippen LogP contribution in [0.15, 0.2) is 48.5 Å². The third-order valence-electron chi connectivity index (χ3n) is 3.48. The minimum atomic E-state index is -0.139. The van der Waals surface area contributed by atoms with Gasteiger partial charge in [0.15, 0.2) is 0 Å². The molecule has 0 saturated heterocycles. The van der Waals surface area contributed by atoms with Crippen molar-refractivity contribution in [1.29, 1.82) is 0 Å². The highest BCUT2D eigenvalue weighted by Crippen LogP contribution is 2.19. The lowest BCUT2D eigenvalue weighted by molar-refractivity contribution is -0.114. The fourth-order valence-corrected chi connectivity index (χ4v) is 2.37. The predicted molar refractivity (Wildman–Crippen MR) is 108 cm³/mol. The van der Waals surface area contributed by atoms with E-state index in [0.717, 1.165) is 17.2 Å². The van der Waals surface area contributed by atoms with E-state index in [0.29, 0.717) is 25.5 Å². The molecule has 0 fully saturated rings. The van der Waals surface area contributed by atoms with Gasteiger partial charge in [-0.05, 0) is 45.0 Å². The van der Waals surface area contributed by atoms with E-state index in [1.807, 2.05) is 69.3 Å². The third-order valence-corrected chi connectivity index (χ3v) is 3.48. The van der Waals surface area contributed by atoms with Crippen LogP contribution in [0.4, 0.5) is 11.4 Å². The normalized spacial score (nSPS) is 10.5. The van der Waals surface area contributed by atoms with Gasteiger partial charge in [-0.1, -0.05) is 12.1 Å². The number of hydrogen-bond donors (Lipinski definition) is 2. The Hall–Kier alpha value is -2.73. The second-order valence-electron chi connectivity index (χ2n) is 6.17. The summed E-state index contributed by atoms with van der Waals surface area (Å²) in [6, 6.07) is 14.9. The first-order valence-corrected chi connectivity index (χ1v) is 9.18. The molecule has 0 aliphatic heterocycles. The van der Waals surface area contributed by atoms with Gasteiger partial charge in [0.05, 0.1) is 19.3 Å². The van der Waals surface area contributed by atoms with Gasteiger partial charge in [0.25, 0.3) is 0 Å². The molecule has 0 atom stereocenters. The molecule has 2 aromatic carbocycles. The van der Waals surface area contributed by atoms with Gasteiger partial charge >= 0.3 is 0 Å². The van der Waals surface area contributed by atoms with Crippen molar-refractivity contribution in [2.45, 2.75) is 26.9 Å². The molecule has 6 nitrogen and oxygen atoms in total. The van der Waals surface area contributed by atoms with Crippen molar-refractivity contribution >= 4 is 17.3 Å². The molecule has 0 aliphatic carbocycles. The van der Waals surface area contributed by atoms with Crippen LogP contribution in [0.5, 0.6) is 11.5 Å². The Morgan fingerprint density at radius 3 is 2.44 bits per heavy atom. The number of benzene rings is 2. The second-order valence-corrected chi connectivity index (χ2v) is 6.17. The number of anilines is 2. The Balaban J connectivity index is 1.81. The first-order valence-electron chi connectivity index (χ1n) is 9.18. The maximum atomic E-state index is 12.2. The summed E-state index contributed by atoms with van der Waals surface area (Å²) >= 11 is 0. The van der Waals surface area contributed by atoms with Gasteiger partial charge < -0.3 is 24.8 Å². The smallest absolute Gasteiger partial charge is 0.243 e. The molecule has 2 N–H and O–H groups in total. The molecule has 0 aromatic heterocycles. The molecular formula is C21H28N2O4. The maximum absolute atomic E-state index is 12.2. The number of ether oxygens (including phenoxy) is 3. The maximum Gasteiger partial charge on any atom is 0.243 e. The molecule has 0 heterocycles. The lowest BCUT2D eigenvalue weighted by Crippen LogP contribution is -2.21. The zero-order valence-electron chi connectivity index (χ0n) is 16.2. The number of rotatable bonds is 11. The van der Waals surface area contributed by atoms with Crippen LogP contribution in [0.25, 0.3) is 0 Å². The molecule has 2 aromatic rings. The van der Waals surface area contributed by atoms with Crippen LogP contribution in [0.3, 0.4) is 0 Å². The molecule has 0 aliphatic rings. The van der Waals surface area contributed by atoms with Crippen LogP contribution >= 0.6 is 0 Å². The molecule has 0 unspecified atom stereocenters. The Bertz CT molecular complexity index is 719. The van der Waals surface area contributed by atoms with Crippen molar-refractivity contribution in [3.63, 3.8) is 0 Å². The Morgan fingerprint density at radius 1 is 1.00 bits per heavy atom. The van der Waals surface area contributed by atoms with Crippen LogP contribution < -0.4 is 20.1 Å². The van der Waals surface area contributed by atoms with E-state index in [9.17, 15) is 4.79 Å². The highest BCUT2D eigenvalue weighted by Gasteiger charge is 2.05. The summed E-state index contributed by atoms with van der Waals surface area (Å²) in [5.74, 6) is 1.32. The predicted octanol–water partition coefficient (Wildman–Crippen LogP) is 3.94. The van der Waals surface area contributed by atoms with Crippen LogP contribution in [0.1, 0.15) is 20.8 Å². The quantitative estimate of drug-likeness (QED) is 0.585. The second kappa shape index (κ2) is 11.1. The molecule has 6 heteroatoms. The van der Waals surface area contributed by atoms with Gasteiger partial charge in [-0.3, -0.25) is 4.79 Å². The zero-order chi connectivity index (χ0) is 19.5. The van der Waals surface area contributed by atoms with Crippen molar-refractivity contribution in [3.05, 3.63) is 48.5 Å². The van der Waals surface area contributed by atoms with Gasteiger partial charge in [0.2, 0.25) is 5.91 Å². The van der Waals surface area contributed by atoms with E-state index in [1.54, 1.807) is 0 Å². The lowest BCUT2D eigenvalue weighted by atomic mass is 10.3. The summed E-state index contributed by atoms with van der Waals surface area (Å²) in [5, 5.41) is 5.96. The summed E-state index contributed by atoms with van der Waals surface area (Å²) in [7, 11) is 0. The minimum absolute atomic E-state index is 0.0839. The van der Waals surface area contributed by atoms with Crippen LogP contribution in [-0.4, -0.2) is 38.4 Å². The number of amides is 1. The molecule has 146 valence electrons. The minimum Gasteiger partial charge on any atom is -0.491 e. The average Bonchev–Trinajstić information content (AvgIpc) is 2.64. The monoisotopic (exact) mass is 372 g/mol. The molecule has 0 bridgehead atoms. The standard InChI is InChI=1S/C21H28N2O4/c1-4-25-11-12-26-19-9-5-7-17(13-19)22-15-21(24)23-18-8-6-10-20(14-18)27-16(2)3/h5-10,13-14,16,22H,4,11-12,15H2,1-3H3,(H,23,24). The Labute approximate surface area is 160 Å². The van der Waals surface area contributed by atoms with Crippen molar-refractivity contribution in [1.82, 2.24) is 0 Å². The summed E-state index contributed by atoms with van der Waals surface area (Å²) < 4.78 is 16.5. The van der Waals surface area contributed by atoms with E-state index >= 15 is 0 Å². The summed E-state index contributed by atoms with van der Waals surface area (Å²) in [4.78, 5) is 12.2. The number of carbonyl (C=O) groups excluding carboxylic acids is 1. The van der Waals surface area contributed by atoms with Crippen molar-refractivity contribution in [2.24, 2.45) is 0 Å². The zero-order valence-corrected chi connectivity index (χ0v) is 16.2. The van der Waals surface area contributed by atoms with Gasteiger partial charge in [-0.15, -0.1) is 0 Å². The van der Waals surface area contributed by atoms with Crippen molar-refractivity contribution in [3.8, 4) is 11.5 Å². The summed E-state index contributed by atoms with van der Waals surface area (Å²) in [5.41, 5.74) is 1.52. The molecule has 0 saturated carbocycles. The average molecular weight is 372 g/mol. The van der Waals surface area contributed by atoms with E-state index in [1.165, 1.54) is 0 Å². The van der Waals surface area contributed by atoms with Gasteiger partial charge in [-0.25, -0.2) is 0 Å².